The number of halogens is 2. The number of ether oxygens (including phenoxy) is 3. The quantitative estimate of drug-likeness (QED) is 0.709. The van der Waals surface area contributed by atoms with E-state index in [0.717, 1.165) is 11.3 Å². The summed E-state index contributed by atoms with van der Waals surface area (Å²) in [6.45, 7) is -0.513. The van der Waals surface area contributed by atoms with Gasteiger partial charge in [-0.1, -0.05) is 12.1 Å². The van der Waals surface area contributed by atoms with Crippen molar-refractivity contribution in [2.45, 2.75) is 13.5 Å². The van der Waals surface area contributed by atoms with E-state index in [2.05, 4.69) is 10.1 Å². The number of benzene rings is 2. The Labute approximate surface area is 150 Å². The first-order valence-electron chi connectivity index (χ1n) is 7.86. The number of rotatable bonds is 8. The van der Waals surface area contributed by atoms with Gasteiger partial charge < -0.3 is 19.5 Å². The van der Waals surface area contributed by atoms with E-state index in [4.69, 9.17) is 9.47 Å². The molecule has 26 heavy (non-hydrogen) atoms. The highest BCUT2D eigenvalue weighted by Crippen LogP contribution is 2.31. The molecule has 0 saturated heterocycles. The van der Waals surface area contributed by atoms with E-state index >= 15 is 0 Å². The third kappa shape index (κ3) is 5.77. The Hall–Kier alpha value is -3.09. The molecule has 1 amide bonds. The van der Waals surface area contributed by atoms with E-state index in [1.807, 2.05) is 19.1 Å². The SMILES string of the molecule is CCOc1ccc(/C=C/C(=O)Nc2ccc(OC)c(OC(F)F)c2)cc1. The fourth-order valence-corrected chi connectivity index (χ4v) is 2.14. The molecule has 0 fully saturated rings. The van der Waals surface area contributed by atoms with Gasteiger partial charge in [0.25, 0.3) is 0 Å². The summed E-state index contributed by atoms with van der Waals surface area (Å²) in [7, 11) is 1.34. The highest BCUT2D eigenvalue weighted by atomic mass is 19.3. The van der Waals surface area contributed by atoms with Crippen LogP contribution in [0.15, 0.2) is 48.5 Å². The molecule has 0 aliphatic rings. The van der Waals surface area contributed by atoms with Gasteiger partial charge >= 0.3 is 6.61 Å². The van der Waals surface area contributed by atoms with Gasteiger partial charge in [0.05, 0.1) is 13.7 Å². The molecule has 0 saturated carbocycles. The smallest absolute Gasteiger partial charge is 0.387 e. The molecule has 5 nitrogen and oxygen atoms in total. The molecule has 138 valence electrons. The molecule has 0 heterocycles. The minimum Gasteiger partial charge on any atom is -0.494 e. The fourth-order valence-electron chi connectivity index (χ4n) is 2.14. The van der Waals surface area contributed by atoms with E-state index in [9.17, 15) is 13.6 Å². The summed E-state index contributed by atoms with van der Waals surface area (Å²) in [5.74, 6) is 0.329. The first-order valence-corrected chi connectivity index (χ1v) is 7.86. The summed E-state index contributed by atoms with van der Waals surface area (Å²) in [6, 6.07) is 11.5. The highest BCUT2D eigenvalue weighted by molar-refractivity contribution is 6.02. The van der Waals surface area contributed by atoms with Gasteiger partial charge in [0.15, 0.2) is 11.5 Å². The number of alkyl halides is 2. The van der Waals surface area contributed by atoms with Crippen LogP contribution in [-0.2, 0) is 4.79 Å². The molecule has 0 aliphatic heterocycles. The number of nitrogens with one attached hydrogen (secondary N) is 1. The van der Waals surface area contributed by atoms with Crippen molar-refractivity contribution >= 4 is 17.7 Å². The van der Waals surface area contributed by atoms with Crippen molar-refractivity contribution in [1.29, 1.82) is 0 Å². The molecule has 0 aromatic heterocycles. The Morgan fingerprint density at radius 2 is 1.88 bits per heavy atom. The Kier molecular flexibility index (Phi) is 6.96. The number of hydrogen-bond donors (Lipinski definition) is 1. The standard InChI is InChI=1S/C19H19F2NO4/c1-3-25-15-8-4-13(5-9-15)6-11-18(23)22-14-7-10-16(24-2)17(12-14)26-19(20)21/h4-12,19H,3H2,1-2H3,(H,22,23)/b11-6+. The third-order valence-electron chi connectivity index (χ3n) is 3.27. The van der Waals surface area contributed by atoms with Crippen molar-refractivity contribution < 1.29 is 27.8 Å². The van der Waals surface area contributed by atoms with Gasteiger partial charge in [-0.15, -0.1) is 0 Å². The highest BCUT2D eigenvalue weighted by Gasteiger charge is 2.12. The van der Waals surface area contributed by atoms with Crippen LogP contribution in [0.25, 0.3) is 6.08 Å². The zero-order chi connectivity index (χ0) is 18.9. The largest absolute Gasteiger partial charge is 0.494 e. The summed E-state index contributed by atoms with van der Waals surface area (Å²) in [4.78, 5) is 12.0. The first kappa shape index (κ1) is 19.2. The number of hydrogen-bond acceptors (Lipinski definition) is 4. The summed E-state index contributed by atoms with van der Waals surface area (Å²) in [5.41, 5.74) is 1.13. The maximum atomic E-state index is 12.4. The van der Waals surface area contributed by atoms with E-state index in [1.165, 1.54) is 31.4 Å². The molecule has 0 radical (unpaired) electrons. The van der Waals surface area contributed by atoms with Crippen molar-refractivity contribution in [2.24, 2.45) is 0 Å². The Morgan fingerprint density at radius 3 is 2.50 bits per heavy atom. The Morgan fingerprint density at radius 1 is 1.15 bits per heavy atom. The van der Waals surface area contributed by atoms with Crippen LogP contribution in [0.3, 0.4) is 0 Å². The maximum Gasteiger partial charge on any atom is 0.387 e. The molecule has 0 spiro atoms. The zero-order valence-electron chi connectivity index (χ0n) is 14.4. The summed E-state index contributed by atoms with van der Waals surface area (Å²) < 4.78 is 39.5. The van der Waals surface area contributed by atoms with Gasteiger partial charge in [-0.2, -0.15) is 8.78 Å². The molecule has 1 N–H and O–H groups in total. The molecule has 0 unspecified atom stereocenters. The Balaban J connectivity index is 2.02. The molecular formula is C19H19F2NO4. The normalized spacial score (nSPS) is 10.8. The van der Waals surface area contributed by atoms with Gasteiger partial charge in [0.2, 0.25) is 5.91 Å². The first-order chi connectivity index (χ1) is 12.5. The van der Waals surface area contributed by atoms with Crippen LogP contribution in [-0.4, -0.2) is 26.2 Å². The van der Waals surface area contributed by atoms with Crippen molar-refractivity contribution in [3.63, 3.8) is 0 Å². The van der Waals surface area contributed by atoms with Gasteiger partial charge in [0, 0.05) is 17.8 Å². The maximum absolute atomic E-state index is 12.4. The fraction of sp³-hybridized carbons (Fsp3) is 0.211. The van der Waals surface area contributed by atoms with E-state index in [0.29, 0.717) is 12.3 Å². The molecule has 2 rings (SSSR count). The summed E-state index contributed by atoms with van der Waals surface area (Å²) >= 11 is 0. The van der Waals surface area contributed by atoms with Crippen LogP contribution >= 0.6 is 0 Å². The average Bonchev–Trinajstić information content (AvgIpc) is 2.61. The molecule has 0 aliphatic carbocycles. The van der Waals surface area contributed by atoms with Gasteiger partial charge in [-0.3, -0.25) is 4.79 Å². The van der Waals surface area contributed by atoms with Crippen molar-refractivity contribution in [2.75, 3.05) is 19.0 Å². The van der Waals surface area contributed by atoms with Crippen LogP contribution in [0.1, 0.15) is 12.5 Å². The number of anilines is 1. The number of amides is 1. The minimum atomic E-state index is -2.99. The van der Waals surface area contributed by atoms with Crippen LogP contribution < -0.4 is 19.5 Å². The lowest BCUT2D eigenvalue weighted by Gasteiger charge is -2.11. The van der Waals surface area contributed by atoms with Crippen LogP contribution in [0, 0.1) is 0 Å². The lowest BCUT2D eigenvalue weighted by atomic mass is 10.2. The second-order valence-corrected chi connectivity index (χ2v) is 5.07. The van der Waals surface area contributed by atoms with Crippen molar-refractivity contribution in [3.8, 4) is 17.2 Å². The lowest BCUT2D eigenvalue weighted by molar-refractivity contribution is -0.111. The van der Waals surface area contributed by atoms with E-state index in [-0.39, 0.29) is 11.5 Å². The van der Waals surface area contributed by atoms with Gasteiger partial charge in [0.1, 0.15) is 5.75 Å². The lowest BCUT2D eigenvalue weighted by Crippen LogP contribution is -2.09. The molecule has 0 atom stereocenters. The second kappa shape index (κ2) is 9.41. The van der Waals surface area contributed by atoms with Crippen LogP contribution in [0.2, 0.25) is 0 Å². The zero-order valence-corrected chi connectivity index (χ0v) is 14.4. The average molecular weight is 363 g/mol. The van der Waals surface area contributed by atoms with Gasteiger partial charge in [-0.05, 0) is 42.8 Å². The predicted octanol–water partition coefficient (Wildman–Crippen LogP) is 4.35. The molecular weight excluding hydrogens is 344 g/mol. The molecule has 0 bridgehead atoms. The van der Waals surface area contributed by atoms with E-state index < -0.39 is 12.5 Å². The minimum absolute atomic E-state index is 0.147. The van der Waals surface area contributed by atoms with Crippen LogP contribution in [0.5, 0.6) is 17.2 Å². The van der Waals surface area contributed by atoms with Crippen LogP contribution in [0.4, 0.5) is 14.5 Å². The summed E-state index contributed by atoms with van der Waals surface area (Å²) in [5, 5.41) is 2.58. The number of carbonyl (C=O) groups excluding carboxylic acids is 1. The second-order valence-electron chi connectivity index (χ2n) is 5.07. The van der Waals surface area contributed by atoms with Gasteiger partial charge in [-0.25, -0.2) is 0 Å². The third-order valence-corrected chi connectivity index (χ3v) is 3.27. The number of methoxy groups -OCH3 is 1. The molecule has 7 heteroatoms. The van der Waals surface area contributed by atoms with E-state index in [1.54, 1.807) is 18.2 Å². The van der Waals surface area contributed by atoms with Crippen molar-refractivity contribution in [1.82, 2.24) is 0 Å². The predicted molar refractivity (Wildman–Crippen MR) is 94.9 cm³/mol. The molecule has 2 aromatic carbocycles. The number of carbonyl (C=O) groups is 1. The summed E-state index contributed by atoms with van der Waals surface area (Å²) in [6.07, 6.45) is 2.97. The molecule has 2 aromatic rings. The Bertz CT molecular complexity index is 761. The topological polar surface area (TPSA) is 56.8 Å². The van der Waals surface area contributed by atoms with Crippen molar-refractivity contribution in [3.05, 3.63) is 54.1 Å². The monoisotopic (exact) mass is 363 g/mol.